The summed E-state index contributed by atoms with van der Waals surface area (Å²) in [5.74, 6) is 0.282. The van der Waals surface area contributed by atoms with Gasteiger partial charge in [-0.1, -0.05) is 30.3 Å². The van der Waals surface area contributed by atoms with Crippen molar-refractivity contribution in [3.8, 4) is 11.5 Å². The van der Waals surface area contributed by atoms with Crippen LogP contribution in [0.4, 0.5) is 5.69 Å². The highest BCUT2D eigenvalue weighted by Crippen LogP contribution is 2.41. The van der Waals surface area contributed by atoms with Crippen LogP contribution in [0.5, 0.6) is 11.5 Å². The van der Waals surface area contributed by atoms with Gasteiger partial charge in [-0.3, -0.25) is 9.59 Å². The lowest BCUT2D eigenvalue weighted by atomic mass is 10.1. The van der Waals surface area contributed by atoms with Crippen LogP contribution in [-0.4, -0.2) is 26.0 Å². The molecule has 2 aromatic rings. The summed E-state index contributed by atoms with van der Waals surface area (Å²) in [6, 6.07) is 14.8. The molecule has 142 valence electrons. The minimum absolute atomic E-state index is 0.0896. The summed E-state index contributed by atoms with van der Waals surface area (Å²) < 4.78 is 10.4. The zero-order valence-corrected chi connectivity index (χ0v) is 15.7. The van der Waals surface area contributed by atoms with E-state index in [-0.39, 0.29) is 29.7 Å². The van der Waals surface area contributed by atoms with E-state index in [1.54, 1.807) is 25.3 Å². The predicted octanol–water partition coefficient (Wildman–Crippen LogP) is 3.16. The molecule has 27 heavy (non-hydrogen) atoms. The highest BCUT2D eigenvalue weighted by atomic mass is 16.5. The lowest BCUT2D eigenvalue weighted by molar-refractivity contribution is -0.125. The van der Waals surface area contributed by atoms with E-state index in [0.717, 1.165) is 5.56 Å². The summed E-state index contributed by atoms with van der Waals surface area (Å²) in [5.41, 5.74) is 1.60. The first-order valence-electron chi connectivity index (χ1n) is 8.91. The van der Waals surface area contributed by atoms with Crippen molar-refractivity contribution >= 4 is 17.5 Å². The third-order valence-electron chi connectivity index (χ3n) is 4.79. The molecule has 1 saturated carbocycles. The summed E-state index contributed by atoms with van der Waals surface area (Å²) in [6.07, 6.45) is 0.553. The molecule has 0 heterocycles. The molecule has 0 aliphatic heterocycles. The van der Waals surface area contributed by atoms with Gasteiger partial charge in [0.15, 0.2) is 0 Å². The van der Waals surface area contributed by atoms with Gasteiger partial charge in [0.05, 0.1) is 37.8 Å². The van der Waals surface area contributed by atoms with Gasteiger partial charge in [0.25, 0.3) is 0 Å². The summed E-state index contributed by atoms with van der Waals surface area (Å²) in [5, 5.41) is 5.83. The average Bonchev–Trinajstić information content (AvgIpc) is 3.50. The van der Waals surface area contributed by atoms with Crippen LogP contribution in [0, 0.1) is 11.8 Å². The van der Waals surface area contributed by atoms with Crippen molar-refractivity contribution in [1.82, 2.24) is 5.32 Å². The van der Waals surface area contributed by atoms with Crippen molar-refractivity contribution in [3.05, 3.63) is 54.1 Å². The maximum Gasteiger partial charge on any atom is 0.228 e. The number of hydrogen-bond acceptors (Lipinski definition) is 4. The fourth-order valence-corrected chi connectivity index (χ4v) is 3.05. The first-order valence-corrected chi connectivity index (χ1v) is 8.91. The Balaban J connectivity index is 1.56. The number of nitrogens with one attached hydrogen (secondary N) is 2. The normalized spacial score (nSPS) is 18.9. The molecule has 1 aliphatic carbocycles. The van der Waals surface area contributed by atoms with Crippen LogP contribution in [0.1, 0.15) is 24.9 Å². The fourth-order valence-electron chi connectivity index (χ4n) is 3.05. The molecule has 6 heteroatoms. The van der Waals surface area contributed by atoms with Gasteiger partial charge in [0.2, 0.25) is 11.8 Å². The number of carbonyl (C=O) groups excluding carboxylic acids is 2. The number of rotatable bonds is 7. The van der Waals surface area contributed by atoms with Gasteiger partial charge in [-0.15, -0.1) is 0 Å². The van der Waals surface area contributed by atoms with Gasteiger partial charge in [0.1, 0.15) is 11.5 Å². The van der Waals surface area contributed by atoms with Crippen molar-refractivity contribution in [2.24, 2.45) is 11.8 Å². The Hall–Kier alpha value is -3.02. The van der Waals surface area contributed by atoms with E-state index in [1.807, 2.05) is 37.3 Å². The van der Waals surface area contributed by atoms with Crippen LogP contribution < -0.4 is 20.1 Å². The predicted molar refractivity (Wildman–Crippen MR) is 103 cm³/mol. The molecule has 2 N–H and O–H groups in total. The Morgan fingerprint density at radius 3 is 2.37 bits per heavy atom. The topological polar surface area (TPSA) is 76.7 Å². The number of ether oxygens (including phenoxy) is 2. The van der Waals surface area contributed by atoms with E-state index in [2.05, 4.69) is 10.6 Å². The summed E-state index contributed by atoms with van der Waals surface area (Å²) in [4.78, 5) is 24.9. The largest absolute Gasteiger partial charge is 0.497 e. The van der Waals surface area contributed by atoms with Gasteiger partial charge < -0.3 is 20.1 Å². The molecule has 0 aromatic heterocycles. The van der Waals surface area contributed by atoms with Crippen molar-refractivity contribution in [2.45, 2.75) is 19.4 Å². The fraction of sp³-hybridized carbons (Fsp3) is 0.333. The first kappa shape index (κ1) is 18.8. The Bertz CT molecular complexity index is 822. The third-order valence-corrected chi connectivity index (χ3v) is 4.79. The highest BCUT2D eigenvalue weighted by molar-refractivity contribution is 6.00. The Morgan fingerprint density at radius 1 is 1.00 bits per heavy atom. The zero-order chi connectivity index (χ0) is 19.4. The van der Waals surface area contributed by atoms with Crippen molar-refractivity contribution in [2.75, 3.05) is 19.5 Å². The molecule has 1 fully saturated rings. The smallest absolute Gasteiger partial charge is 0.228 e. The first-order chi connectivity index (χ1) is 13.0. The van der Waals surface area contributed by atoms with Crippen molar-refractivity contribution in [3.63, 3.8) is 0 Å². The molecule has 0 spiro atoms. The lowest BCUT2D eigenvalue weighted by Gasteiger charge is -2.14. The number of methoxy groups -OCH3 is 2. The Kier molecular flexibility index (Phi) is 5.64. The van der Waals surface area contributed by atoms with Crippen LogP contribution in [0.25, 0.3) is 0 Å². The average molecular weight is 368 g/mol. The summed E-state index contributed by atoms with van der Waals surface area (Å²) >= 11 is 0. The van der Waals surface area contributed by atoms with E-state index in [1.165, 1.54) is 7.11 Å². The summed E-state index contributed by atoms with van der Waals surface area (Å²) in [7, 11) is 3.10. The van der Waals surface area contributed by atoms with E-state index in [4.69, 9.17) is 9.47 Å². The molecule has 2 amide bonds. The van der Waals surface area contributed by atoms with Gasteiger partial charge in [-0.05, 0) is 31.0 Å². The monoisotopic (exact) mass is 368 g/mol. The second-order valence-corrected chi connectivity index (χ2v) is 6.65. The molecular weight excluding hydrogens is 344 g/mol. The number of carbonyl (C=O) groups is 2. The van der Waals surface area contributed by atoms with Crippen LogP contribution in [0.15, 0.2) is 48.5 Å². The van der Waals surface area contributed by atoms with E-state index in [9.17, 15) is 9.59 Å². The standard InChI is InChI=1S/C21H24N2O4/c1-13(14-7-5-4-6-8-14)22-20(24)16-12-17(16)21(25)23-18-10-9-15(26-2)11-19(18)27-3/h4-11,13,16-17H,12H2,1-3H3,(H,22,24)(H,23,25). The van der Waals surface area contributed by atoms with Gasteiger partial charge in [0, 0.05) is 6.07 Å². The maximum atomic E-state index is 12.5. The summed E-state index contributed by atoms with van der Waals surface area (Å²) in [6.45, 7) is 1.94. The lowest BCUT2D eigenvalue weighted by Crippen LogP contribution is -2.29. The van der Waals surface area contributed by atoms with Crippen LogP contribution in [0.3, 0.4) is 0 Å². The molecule has 0 radical (unpaired) electrons. The molecule has 0 bridgehead atoms. The molecule has 0 saturated heterocycles. The van der Waals surface area contributed by atoms with Crippen molar-refractivity contribution in [1.29, 1.82) is 0 Å². The van der Waals surface area contributed by atoms with Gasteiger partial charge in [-0.2, -0.15) is 0 Å². The third kappa shape index (κ3) is 4.39. The quantitative estimate of drug-likeness (QED) is 0.787. The minimum Gasteiger partial charge on any atom is -0.497 e. The molecule has 6 nitrogen and oxygen atoms in total. The minimum atomic E-state index is -0.320. The Labute approximate surface area is 158 Å². The number of benzene rings is 2. The molecule has 3 atom stereocenters. The number of amides is 2. The van der Waals surface area contributed by atoms with Crippen LogP contribution in [0.2, 0.25) is 0 Å². The second-order valence-electron chi connectivity index (χ2n) is 6.65. The maximum absolute atomic E-state index is 12.5. The highest BCUT2D eigenvalue weighted by Gasteiger charge is 2.48. The van der Waals surface area contributed by atoms with E-state index in [0.29, 0.717) is 23.6 Å². The van der Waals surface area contributed by atoms with E-state index >= 15 is 0 Å². The molecule has 3 unspecified atom stereocenters. The molecule has 1 aliphatic rings. The zero-order valence-electron chi connectivity index (χ0n) is 15.7. The van der Waals surface area contributed by atoms with Crippen LogP contribution >= 0.6 is 0 Å². The molecule has 2 aromatic carbocycles. The Morgan fingerprint density at radius 2 is 1.70 bits per heavy atom. The van der Waals surface area contributed by atoms with Gasteiger partial charge >= 0.3 is 0 Å². The second kappa shape index (κ2) is 8.12. The van der Waals surface area contributed by atoms with Gasteiger partial charge in [-0.25, -0.2) is 0 Å². The SMILES string of the molecule is COc1ccc(NC(=O)C2CC2C(=O)NC(C)c2ccccc2)c(OC)c1. The van der Waals surface area contributed by atoms with E-state index < -0.39 is 0 Å². The van der Waals surface area contributed by atoms with Crippen LogP contribution in [-0.2, 0) is 9.59 Å². The van der Waals surface area contributed by atoms with Crippen molar-refractivity contribution < 1.29 is 19.1 Å². The number of hydrogen-bond donors (Lipinski definition) is 2. The number of anilines is 1. The molecule has 3 rings (SSSR count). The molecular formula is C21H24N2O4.